The summed E-state index contributed by atoms with van der Waals surface area (Å²) < 4.78 is 0. The Kier molecular flexibility index (Phi) is 5.46. The van der Waals surface area contributed by atoms with Crippen molar-refractivity contribution < 1.29 is 9.59 Å². The molecule has 0 radical (unpaired) electrons. The molecule has 1 aliphatic heterocycles. The maximum absolute atomic E-state index is 13.6. The number of hydrogen-bond acceptors (Lipinski definition) is 2. The molecule has 3 heteroatoms. The first-order valence-electron chi connectivity index (χ1n) is 9.98. The molecule has 0 aromatic rings. The number of ketones is 1. The van der Waals surface area contributed by atoms with Crippen LogP contribution in [0.2, 0.25) is 0 Å². The largest absolute Gasteiger partial charge is 0.329 e. The molecule has 134 valence electrons. The molecule has 1 heterocycles. The number of amides is 1. The van der Waals surface area contributed by atoms with Crippen LogP contribution in [0, 0.1) is 17.8 Å². The monoisotopic (exact) mass is 331 g/mol. The lowest BCUT2D eigenvalue weighted by Gasteiger charge is -2.39. The van der Waals surface area contributed by atoms with E-state index in [0.29, 0.717) is 17.9 Å². The van der Waals surface area contributed by atoms with E-state index in [0.717, 1.165) is 31.3 Å². The number of fused-ring (bicyclic) bond motifs is 1. The molecule has 0 N–H and O–H groups in total. The highest BCUT2D eigenvalue weighted by molar-refractivity contribution is 5.90. The normalized spacial score (nSPS) is 32.2. The second-order valence-corrected chi connectivity index (χ2v) is 8.44. The van der Waals surface area contributed by atoms with Gasteiger partial charge in [0.25, 0.3) is 0 Å². The van der Waals surface area contributed by atoms with Crippen LogP contribution in [-0.4, -0.2) is 28.7 Å². The van der Waals surface area contributed by atoms with Crippen LogP contribution >= 0.6 is 0 Å². The Hall–Kier alpha value is -1.12. The molecule has 3 nitrogen and oxygen atoms in total. The third-order valence-corrected chi connectivity index (χ3v) is 6.73. The standard InChI is InChI=1S/C21H33NO2/c1-14(2)20(16-9-5-4-6-10-16)21(24)22-18-12-8-7-11-17(18)13-19(22)15(3)23/h16-20H,1,4-13H2,2-3H3/t17-,18-,19-,20?/m0/s1. The Morgan fingerprint density at radius 1 is 0.958 bits per heavy atom. The van der Waals surface area contributed by atoms with Gasteiger partial charge in [-0.2, -0.15) is 0 Å². The van der Waals surface area contributed by atoms with Gasteiger partial charge in [-0.25, -0.2) is 0 Å². The summed E-state index contributed by atoms with van der Waals surface area (Å²) in [5, 5.41) is 0. The molecule has 0 spiro atoms. The Bertz CT molecular complexity index is 506. The van der Waals surface area contributed by atoms with E-state index >= 15 is 0 Å². The number of carbonyl (C=O) groups excluding carboxylic acids is 2. The first kappa shape index (κ1) is 17.7. The van der Waals surface area contributed by atoms with Crippen LogP contribution in [0.25, 0.3) is 0 Å². The van der Waals surface area contributed by atoms with Crippen LogP contribution in [0.3, 0.4) is 0 Å². The van der Waals surface area contributed by atoms with Crippen molar-refractivity contribution in [3.05, 3.63) is 12.2 Å². The van der Waals surface area contributed by atoms with Crippen molar-refractivity contribution in [2.75, 3.05) is 0 Å². The maximum Gasteiger partial charge on any atom is 0.230 e. The fraction of sp³-hybridized carbons (Fsp3) is 0.810. The summed E-state index contributed by atoms with van der Waals surface area (Å²) in [4.78, 5) is 27.9. The van der Waals surface area contributed by atoms with Crippen molar-refractivity contribution in [3.8, 4) is 0 Å². The molecule has 0 aromatic heterocycles. The zero-order valence-corrected chi connectivity index (χ0v) is 15.4. The molecular weight excluding hydrogens is 298 g/mol. The smallest absolute Gasteiger partial charge is 0.230 e. The Labute approximate surface area is 146 Å². The van der Waals surface area contributed by atoms with Crippen LogP contribution in [0.5, 0.6) is 0 Å². The molecule has 2 saturated carbocycles. The highest BCUT2D eigenvalue weighted by Gasteiger charge is 2.48. The molecule has 0 bridgehead atoms. The van der Waals surface area contributed by atoms with Gasteiger partial charge >= 0.3 is 0 Å². The SMILES string of the molecule is C=C(C)C(C(=O)N1[C@H](C(C)=O)C[C@@H]2CCCC[C@@H]21)C1CCCCC1. The third-order valence-electron chi connectivity index (χ3n) is 6.73. The van der Waals surface area contributed by atoms with Crippen LogP contribution in [-0.2, 0) is 9.59 Å². The molecule has 24 heavy (non-hydrogen) atoms. The summed E-state index contributed by atoms with van der Waals surface area (Å²) in [5.41, 5.74) is 0.994. The highest BCUT2D eigenvalue weighted by Crippen LogP contribution is 2.43. The van der Waals surface area contributed by atoms with Crippen LogP contribution in [0.4, 0.5) is 0 Å². The minimum Gasteiger partial charge on any atom is -0.329 e. The van der Waals surface area contributed by atoms with Crippen molar-refractivity contribution >= 4 is 11.7 Å². The van der Waals surface area contributed by atoms with E-state index in [9.17, 15) is 9.59 Å². The van der Waals surface area contributed by atoms with Gasteiger partial charge in [0.2, 0.25) is 5.91 Å². The first-order valence-corrected chi connectivity index (χ1v) is 9.98. The van der Waals surface area contributed by atoms with E-state index in [1.165, 1.54) is 38.5 Å². The summed E-state index contributed by atoms with van der Waals surface area (Å²) in [7, 11) is 0. The number of carbonyl (C=O) groups is 2. The van der Waals surface area contributed by atoms with E-state index < -0.39 is 0 Å². The second-order valence-electron chi connectivity index (χ2n) is 8.44. The van der Waals surface area contributed by atoms with E-state index in [-0.39, 0.29) is 23.7 Å². The van der Waals surface area contributed by atoms with E-state index in [1.807, 2.05) is 11.8 Å². The Balaban J connectivity index is 1.85. The summed E-state index contributed by atoms with van der Waals surface area (Å²) in [6.07, 6.45) is 11.6. The molecule has 3 fully saturated rings. The van der Waals surface area contributed by atoms with Crippen molar-refractivity contribution in [2.24, 2.45) is 17.8 Å². The average Bonchev–Trinajstić information content (AvgIpc) is 2.95. The minimum absolute atomic E-state index is 0.0761. The fourth-order valence-corrected chi connectivity index (χ4v) is 5.58. The van der Waals surface area contributed by atoms with Gasteiger partial charge in [-0.1, -0.05) is 44.3 Å². The number of rotatable bonds is 4. The summed E-state index contributed by atoms with van der Waals surface area (Å²) >= 11 is 0. The molecule has 1 amide bonds. The third kappa shape index (κ3) is 3.32. The Morgan fingerprint density at radius 2 is 1.58 bits per heavy atom. The molecule has 0 aromatic carbocycles. The second kappa shape index (κ2) is 7.41. The predicted molar refractivity (Wildman–Crippen MR) is 96.6 cm³/mol. The summed E-state index contributed by atoms with van der Waals surface area (Å²) in [5.74, 6) is 1.27. The van der Waals surface area contributed by atoms with Crippen molar-refractivity contribution in [1.29, 1.82) is 0 Å². The van der Waals surface area contributed by atoms with Gasteiger partial charge in [0.15, 0.2) is 5.78 Å². The van der Waals surface area contributed by atoms with Gasteiger partial charge in [0.05, 0.1) is 12.0 Å². The number of likely N-dealkylation sites (tertiary alicyclic amines) is 1. The summed E-state index contributed by atoms with van der Waals surface area (Å²) in [6, 6.07) is 0.113. The zero-order valence-electron chi connectivity index (χ0n) is 15.4. The van der Waals surface area contributed by atoms with Gasteiger partial charge in [0.1, 0.15) is 0 Å². The number of Topliss-reactive ketones (excluding diaryl/α,β-unsaturated/α-hetero) is 1. The molecule has 1 saturated heterocycles. The molecule has 1 unspecified atom stereocenters. The van der Waals surface area contributed by atoms with Gasteiger partial charge in [0, 0.05) is 6.04 Å². The quantitative estimate of drug-likeness (QED) is 0.711. The zero-order chi connectivity index (χ0) is 17.3. The Morgan fingerprint density at radius 3 is 2.21 bits per heavy atom. The van der Waals surface area contributed by atoms with Crippen LogP contribution in [0.15, 0.2) is 12.2 Å². The van der Waals surface area contributed by atoms with E-state index in [2.05, 4.69) is 6.58 Å². The molecule has 3 rings (SSSR count). The van der Waals surface area contributed by atoms with Crippen molar-refractivity contribution in [2.45, 2.75) is 90.1 Å². The van der Waals surface area contributed by atoms with Crippen molar-refractivity contribution in [1.82, 2.24) is 4.90 Å². The van der Waals surface area contributed by atoms with Gasteiger partial charge in [-0.05, 0) is 57.8 Å². The lowest BCUT2D eigenvalue weighted by atomic mass is 9.76. The summed E-state index contributed by atoms with van der Waals surface area (Å²) in [6.45, 7) is 7.84. The number of nitrogens with zero attached hydrogens (tertiary/aromatic N) is 1. The van der Waals surface area contributed by atoms with Gasteiger partial charge in [-0.15, -0.1) is 0 Å². The van der Waals surface area contributed by atoms with E-state index in [1.54, 1.807) is 6.92 Å². The minimum atomic E-state index is -0.184. The fourth-order valence-electron chi connectivity index (χ4n) is 5.58. The van der Waals surface area contributed by atoms with Gasteiger partial charge < -0.3 is 4.90 Å². The van der Waals surface area contributed by atoms with Crippen LogP contribution < -0.4 is 0 Å². The lowest BCUT2D eigenvalue weighted by molar-refractivity contribution is -0.143. The van der Waals surface area contributed by atoms with Gasteiger partial charge in [-0.3, -0.25) is 9.59 Å². The topological polar surface area (TPSA) is 37.4 Å². The van der Waals surface area contributed by atoms with Crippen molar-refractivity contribution in [3.63, 3.8) is 0 Å². The molecule has 3 aliphatic rings. The average molecular weight is 332 g/mol. The number of hydrogen-bond donors (Lipinski definition) is 0. The molecule has 2 aliphatic carbocycles. The maximum atomic E-state index is 13.6. The van der Waals surface area contributed by atoms with E-state index in [4.69, 9.17) is 0 Å². The molecule has 4 atom stereocenters. The first-order chi connectivity index (χ1) is 11.5. The molecular formula is C21H33NO2. The predicted octanol–water partition coefficient (Wildman–Crippen LogP) is 4.51. The van der Waals surface area contributed by atoms with Crippen LogP contribution in [0.1, 0.15) is 78.1 Å². The highest BCUT2D eigenvalue weighted by atomic mass is 16.2. The lowest BCUT2D eigenvalue weighted by Crippen LogP contribution is -2.49.